The fraction of sp³-hybridized carbons (Fsp3) is 0.483. The number of rotatable bonds is 11. The molecule has 4 N–H and O–H groups in total. The smallest absolute Gasteiger partial charge is 0.234 e. The van der Waals surface area contributed by atoms with Crippen molar-refractivity contribution in [1.29, 1.82) is 0 Å². The Kier molecular flexibility index (Phi) is 10.8. The van der Waals surface area contributed by atoms with Crippen LogP contribution in [0, 0.1) is 11.7 Å². The molecule has 4 rings (SSSR count). The van der Waals surface area contributed by atoms with Gasteiger partial charge in [-0.05, 0) is 80.7 Å². The Morgan fingerprint density at radius 3 is 2.55 bits per heavy atom. The van der Waals surface area contributed by atoms with Gasteiger partial charge in [-0.1, -0.05) is 38.1 Å². The number of guanidine groups is 1. The molecule has 2 aliphatic rings. The first kappa shape index (κ1) is 29.8. The number of hydrogen-bond acceptors (Lipinski definition) is 9. The van der Waals surface area contributed by atoms with Crippen LogP contribution in [0.4, 0.5) is 10.1 Å². The highest BCUT2D eigenvalue weighted by molar-refractivity contribution is 8.13. The van der Waals surface area contributed by atoms with Crippen molar-refractivity contribution < 1.29 is 13.9 Å². The number of anilines is 1. The van der Waals surface area contributed by atoms with Gasteiger partial charge in [0.2, 0.25) is 11.9 Å². The Labute approximate surface area is 240 Å². The van der Waals surface area contributed by atoms with Crippen LogP contribution in [-0.4, -0.2) is 72.5 Å². The molecule has 9 nitrogen and oxygen atoms in total. The maximum atomic E-state index is 13.9. The van der Waals surface area contributed by atoms with E-state index in [0.717, 1.165) is 30.3 Å². The Morgan fingerprint density at radius 2 is 1.90 bits per heavy atom. The molecule has 11 heteroatoms. The van der Waals surface area contributed by atoms with E-state index in [2.05, 4.69) is 34.3 Å². The number of piperidine rings is 1. The Hall–Kier alpha value is -3.15. The second-order valence-corrected chi connectivity index (χ2v) is 11.5. The molecule has 0 aliphatic carbocycles. The van der Waals surface area contributed by atoms with Crippen LogP contribution in [0.15, 0.2) is 63.4 Å². The number of nitrogens with one attached hydrogen (secondary N) is 2. The predicted octanol–water partition coefficient (Wildman–Crippen LogP) is 4.33. The predicted molar refractivity (Wildman–Crippen MR) is 160 cm³/mol. The number of likely N-dealkylation sites (tertiary alicyclic amines) is 1. The lowest BCUT2D eigenvalue weighted by atomic mass is 10.0. The topological polar surface area (TPSA) is 108 Å². The first-order valence-corrected chi connectivity index (χ1v) is 14.7. The number of amides is 1. The van der Waals surface area contributed by atoms with Crippen molar-refractivity contribution in [1.82, 2.24) is 15.1 Å². The molecule has 1 saturated heterocycles. The zero-order valence-electron chi connectivity index (χ0n) is 23.5. The zero-order valence-corrected chi connectivity index (χ0v) is 24.3. The molecule has 2 heterocycles. The van der Waals surface area contributed by atoms with Gasteiger partial charge in [0.25, 0.3) is 0 Å². The standard InChI is InChI=1S/C29H40FN7O2S/c1-20(2)18-25(26(31)38)33-28-34-27(32-22-9-7-8-21(30)19-22)35-29(40-24-12-10-23(39-3)11-13-24)37(28)17-16-36-14-5-4-6-15-36/h7-13,19-20,25,28,33H,4-6,14-18H2,1-3H3,(H2,31,38)(H,32,34)/t25-,28?/m0/s1. The summed E-state index contributed by atoms with van der Waals surface area (Å²) < 4.78 is 19.3. The van der Waals surface area contributed by atoms with Crippen LogP contribution >= 0.6 is 11.8 Å². The van der Waals surface area contributed by atoms with E-state index < -0.39 is 18.2 Å². The van der Waals surface area contributed by atoms with E-state index in [1.54, 1.807) is 19.2 Å². The zero-order chi connectivity index (χ0) is 28.5. The highest BCUT2D eigenvalue weighted by atomic mass is 32.2. The van der Waals surface area contributed by atoms with Gasteiger partial charge < -0.3 is 25.6 Å². The molecule has 2 aromatic rings. The van der Waals surface area contributed by atoms with Crippen LogP contribution < -0.4 is 21.1 Å². The van der Waals surface area contributed by atoms with Gasteiger partial charge in [-0.2, -0.15) is 4.99 Å². The van der Waals surface area contributed by atoms with Crippen molar-refractivity contribution in [2.24, 2.45) is 21.6 Å². The summed E-state index contributed by atoms with van der Waals surface area (Å²) in [6.07, 6.45) is 3.63. The summed E-state index contributed by atoms with van der Waals surface area (Å²) in [4.78, 5) is 27.7. The van der Waals surface area contributed by atoms with Crippen LogP contribution in [0.25, 0.3) is 0 Å². The van der Waals surface area contributed by atoms with Gasteiger partial charge in [-0.15, -0.1) is 0 Å². The number of nitrogens with two attached hydrogens (primary N) is 1. The van der Waals surface area contributed by atoms with E-state index in [-0.39, 0.29) is 11.7 Å². The first-order chi connectivity index (χ1) is 19.3. The summed E-state index contributed by atoms with van der Waals surface area (Å²) in [6, 6.07) is 13.4. The van der Waals surface area contributed by atoms with Gasteiger partial charge in [0, 0.05) is 23.7 Å². The summed E-state index contributed by atoms with van der Waals surface area (Å²) in [5.74, 6) is 0.560. The third-order valence-electron chi connectivity index (χ3n) is 6.84. The Morgan fingerprint density at radius 1 is 1.15 bits per heavy atom. The summed E-state index contributed by atoms with van der Waals surface area (Å²) in [5.41, 5.74) is 6.35. The fourth-order valence-electron chi connectivity index (χ4n) is 4.76. The number of ether oxygens (including phenoxy) is 1. The molecule has 0 bridgehead atoms. The Balaban J connectivity index is 1.66. The second kappa shape index (κ2) is 14.5. The Bertz CT molecular complexity index is 1190. The number of hydrogen-bond donors (Lipinski definition) is 3. The quantitative estimate of drug-likeness (QED) is 0.370. The molecule has 1 amide bonds. The largest absolute Gasteiger partial charge is 0.497 e. The van der Waals surface area contributed by atoms with E-state index in [4.69, 9.17) is 20.5 Å². The van der Waals surface area contributed by atoms with Crippen LogP contribution in [0.3, 0.4) is 0 Å². The maximum Gasteiger partial charge on any atom is 0.234 e. The minimum absolute atomic E-state index is 0.256. The van der Waals surface area contributed by atoms with E-state index in [9.17, 15) is 9.18 Å². The number of benzene rings is 2. The second-order valence-electron chi connectivity index (χ2n) is 10.5. The molecule has 0 saturated carbocycles. The molecule has 1 fully saturated rings. The summed E-state index contributed by atoms with van der Waals surface area (Å²) in [5, 5.41) is 7.26. The average Bonchev–Trinajstić information content (AvgIpc) is 2.93. The molecule has 2 aliphatic heterocycles. The number of carbonyl (C=O) groups is 1. The van der Waals surface area contributed by atoms with E-state index in [1.165, 1.54) is 43.2 Å². The monoisotopic (exact) mass is 569 g/mol. The van der Waals surface area contributed by atoms with Crippen molar-refractivity contribution >= 4 is 34.5 Å². The maximum absolute atomic E-state index is 13.9. The number of thioether (sulfide) groups is 1. The van der Waals surface area contributed by atoms with E-state index in [0.29, 0.717) is 29.8 Å². The number of halogens is 1. The molecule has 2 atom stereocenters. The number of methoxy groups -OCH3 is 1. The molecular weight excluding hydrogens is 529 g/mol. The van der Waals surface area contributed by atoms with Gasteiger partial charge in [-0.25, -0.2) is 9.38 Å². The van der Waals surface area contributed by atoms with Gasteiger partial charge >= 0.3 is 0 Å². The number of nitrogens with zero attached hydrogens (tertiary/aromatic N) is 4. The number of primary amides is 1. The van der Waals surface area contributed by atoms with Crippen LogP contribution in [0.2, 0.25) is 0 Å². The number of carbonyl (C=O) groups excluding carboxylic acids is 1. The number of amidine groups is 1. The lowest BCUT2D eigenvalue weighted by Gasteiger charge is -2.38. The molecule has 216 valence electrons. The summed E-state index contributed by atoms with van der Waals surface area (Å²) in [7, 11) is 1.64. The lowest BCUT2D eigenvalue weighted by molar-refractivity contribution is -0.120. The molecule has 0 radical (unpaired) electrons. The molecular formula is C29H40FN7O2S. The van der Waals surface area contributed by atoms with Crippen molar-refractivity contribution in [3.63, 3.8) is 0 Å². The van der Waals surface area contributed by atoms with Gasteiger partial charge in [0.15, 0.2) is 11.5 Å². The first-order valence-electron chi connectivity index (χ1n) is 13.9. The normalized spacial score (nSPS) is 18.7. The SMILES string of the molecule is COc1ccc(SC2=NC(Nc3cccc(F)c3)=NC(N[C@@H](CC(C)C)C(N)=O)N2CCN2CCCCC2)cc1. The van der Waals surface area contributed by atoms with Crippen molar-refractivity contribution in [2.75, 3.05) is 38.6 Å². The van der Waals surface area contributed by atoms with Crippen molar-refractivity contribution in [2.45, 2.75) is 56.8 Å². The fourth-order valence-corrected chi connectivity index (χ4v) is 5.68. The molecule has 2 aromatic carbocycles. The van der Waals surface area contributed by atoms with Crippen LogP contribution in [0.1, 0.15) is 39.5 Å². The number of aliphatic imine (C=N–C) groups is 2. The van der Waals surface area contributed by atoms with E-state index >= 15 is 0 Å². The van der Waals surface area contributed by atoms with Gasteiger partial charge in [0.05, 0.1) is 13.2 Å². The minimum atomic E-state index is -0.602. The summed E-state index contributed by atoms with van der Waals surface area (Å²) >= 11 is 1.50. The van der Waals surface area contributed by atoms with Crippen LogP contribution in [0.5, 0.6) is 5.75 Å². The third kappa shape index (κ3) is 8.67. The van der Waals surface area contributed by atoms with Crippen LogP contribution in [-0.2, 0) is 4.79 Å². The average molecular weight is 570 g/mol. The highest BCUT2D eigenvalue weighted by Crippen LogP contribution is 2.28. The highest BCUT2D eigenvalue weighted by Gasteiger charge is 2.31. The molecule has 40 heavy (non-hydrogen) atoms. The van der Waals surface area contributed by atoms with Gasteiger partial charge in [0.1, 0.15) is 11.6 Å². The molecule has 1 unspecified atom stereocenters. The lowest BCUT2D eigenvalue weighted by Crippen LogP contribution is -2.57. The van der Waals surface area contributed by atoms with Crippen molar-refractivity contribution in [3.05, 3.63) is 54.3 Å². The van der Waals surface area contributed by atoms with Gasteiger partial charge in [-0.3, -0.25) is 10.1 Å². The molecule has 0 aromatic heterocycles. The van der Waals surface area contributed by atoms with Crippen molar-refractivity contribution in [3.8, 4) is 5.75 Å². The third-order valence-corrected chi connectivity index (χ3v) is 7.86. The van der Waals surface area contributed by atoms with E-state index in [1.807, 2.05) is 24.3 Å². The molecule has 0 spiro atoms. The minimum Gasteiger partial charge on any atom is -0.497 e. The summed E-state index contributed by atoms with van der Waals surface area (Å²) in [6.45, 7) is 7.74.